The van der Waals surface area contributed by atoms with Crippen molar-refractivity contribution in [2.24, 2.45) is 0 Å². The fourth-order valence-electron chi connectivity index (χ4n) is 1.00. The van der Waals surface area contributed by atoms with Crippen molar-refractivity contribution >= 4 is 15.9 Å². The quantitative estimate of drug-likeness (QED) is 0.766. The highest BCUT2D eigenvalue weighted by molar-refractivity contribution is 7.93. The minimum absolute atomic E-state index is 0.660. The minimum atomic E-state index is -3.08. The molecule has 0 saturated carbocycles. The van der Waals surface area contributed by atoms with Gasteiger partial charge in [0.05, 0.1) is 7.11 Å². The van der Waals surface area contributed by atoms with Crippen molar-refractivity contribution in [2.45, 2.75) is 0 Å². The molecule has 0 amide bonds. The fraction of sp³-hybridized carbons (Fsp3) is 0.200. The van der Waals surface area contributed by atoms with Crippen LogP contribution in [0.15, 0.2) is 29.7 Å². The molecule has 0 N–H and O–H groups in total. The van der Waals surface area contributed by atoms with Crippen LogP contribution in [-0.4, -0.2) is 21.8 Å². The zero-order chi connectivity index (χ0) is 10.6. The molecule has 0 heterocycles. The van der Waals surface area contributed by atoms with E-state index in [9.17, 15) is 8.42 Å². The molecule has 0 fully saturated rings. The number of hydrogen-bond donors (Lipinski definition) is 0. The van der Waals surface area contributed by atoms with Crippen molar-refractivity contribution in [3.8, 4) is 5.75 Å². The first-order valence-corrected chi connectivity index (χ1v) is 5.99. The zero-order valence-corrected chi connectivity index (χ0v) is 8.91. The Morgan fingerprint density at radius 1 is 1.29 bits per heavy atom. The molecule has 0 bridgehead atoms. The highest BCUT2D eigenvalue weighted by atomic mass is 32.2. The molecule has 0 spiro atoms. The van der Waals surface area contributed by atoms with Gasteiger partial charge in [-0.15, -0.1) is 0 Å². The fourth-order valence-corrected chi connectivity index (χ4v) is 1.39. The molecule has 1 rings (SSSR count). The number of hydrogen-bond acceptors (Lipinski definition) is 3. The van der Waals surface area contributed by atoms with Crippen molar-refractivity contribution in [3.63, 3.8) is 0 Å². The predicted molar refractivity (Wildman–Crippen MR) is 56.9 cm³/mol. The third kappa shape index (κ3) is 3.22. The molecule has 76 valence electrons. The summed E-state index contributed by atoms with van der Waals surface area (Å²) in [6, 6.07) is 7.23. The number of benzene rings is 1. The van der Waals surface area contributed by atoms with Crippen LogP contribution in [0.1, 0.15) is 5.56 Å². The zero-order valence-electron chi connectivity index (χ0n) is 8.10. The van der Waals surface area contributed by atoms with Crippen molar-refractivity contribution in [1.29, 1.82) is 0 Å². The summed E-state index contributed by atoms with van der Waals surface area (Å²) < 4.78 is 26.8. The van der Waals surface area contributed by atoms with Gasteiger partial charge in [0.2, 0.25) is 0 Å². The lowest BCUT2D eigenvalue weighted by Gasteiger charge is -2.02. The molecule has 4 heteroatoms. The van der Waals surface area contributed by atoms with Gasteiger partial charge in [-0.05, 0) is 12.1 Å². The third-order valence-electron chi connectivity index (χ3n) is 1.63. The van der Waals surface area contributed by atoms with Crippen LogP contribution in [0, 0.1) is 0 Å². The van der Waals surface area contributed by atoms with E-state index in [1.165, 1.54) is 6.08 Å². The van der Waals surface area contributed by atoms with Gasteiger partial charge in [0, 0.05) is 17.2 Å². The summed E-state index contributed by atoms with van der Waals surface area (Å²) in [5.41, 5.74) is 0.750. The van der Waals surface area contributed by atoms with Crippen LogP contribution < -0.4 is 4.74 Å². The Labute approximate surface area is 83.9 Å². The van der Waals surface area contributed by atoms with E-state index in [0.29, 0.717) is 5.75 Å². The van der Waals surface area contributed by atoms with Crippen molar-refractivity contribution in [3.05, 3.63) is 35.2 Å². The smallest absolute Gasteiger partial charge is 0.168 e. The van der Waals surface area contributed by atoms with Crippen LogP contribution >= 0.6 is 0 Å². The van der Waals surface area contributed by atoms with Crippen molar-refractivity contribution in [1.82, 2.24) is 0 Å². The van der Waals surface area contributed by atoms with E-state index in [1.807, 2.05) is 12.1 Å². The SMILES string of the molecule is COc1ccccc1C=CS(C)(=O)=O. The summed E-state index contributed by atoms with van der Waals surface area (Å²) in [6.45, 7) is 0. The first-order chi connectivity index (χ1) is 6.53. The lowest BCUT2D eigenvalue weighted by molar-refractivity contribution is 0.414. The average molecular weight is 212 g/mol. The van der Waals surface area contributed by atoms with E-state index in [1.54, 1.807) is 19.2 Å². The molecule has 0 radical (unpaired) electrons. The maximum Gasteiger partial charge on any atom is 0.168 e. The van der Waals surface area contributed by atoms with E-state index < -0.39 is 9.84 Å². The largest absolute Gasteiger partial charge is 0.496 e. The summed E-state index contributed by atoms with van der Waals surface area (Å²) in [5, 5.41) is 1.16. The molecule has 0 atom stereocenters. The molecule has 0 aromatic heterocycles. The van der Waals surface area contributed by atoms with Gasteiger partial charge in [0.25, 0.3) is 0 Å². The lowest BCUT2D eigenvalue weighted by atomic mass is 10.2. The molecular weight excluding hydrogens is 200 g/mol. The van der Waals surface area contributed by atoms with Gasteiger partial charge in [-0.25, -0.2) is 8.42 Å². The second-order valence-electron chi connectivity index (χ2n) is 2.87. The molecule has 14 heavy (non-hydrogen) atoms. The summed E-state index contributed by atoms with van der Waals surface area (Å²) in [7, 11) is -1.53. The number of para-hydroxylation sites is 1. The standard InChI is InChI=1S/C10H12O3S/c1-13-10-6-4-3-5-9(10)7-8-14(2,11)12/h3-8H,1-2H3. The van der Waals surface area contributed by atoms with Crippen molar-refractivity contribution in [2.75, 3.05) is 13.4 Å². The van der Waals surface area contributed by atoms with Gasteiger partial charge in [0.15, 0.2) is 9.84 Å². The topological polar surface area (TPSA) is 43.4 Å². The predicted octanol–water partition coefficient (Wildman–Crippen LogP) is 1.71. The molecule has 0 unspecified atom stereocenters. The molecule has 0 aliphatic rings. The summed E-state index contributed by atoms with van der Waals surface area (Å²) in [4.78, 5) is 0. The monoisotopic (exact) mass is 212 g/mol. The summed E-state index contributed by atoms with van der Waals surface area (Å²) in [5.74, 6) is 0.660. The number of ether oxygens (including phenoxy) is 1. The summed E-state index contributed by atoms with van der Waals surface area (Å²) in [6.07, 6.45) is 2.67. The molecule has 0 aliphatic carbocycles. The van der Waals surface area contributed by atoms with Crippen LogP contribution in [0.2, 0.25) is 0 Å². The highest BCUT2D eigenvalue weighted by Crippen LogP contribution is 2.18. The Morgan fingerprint density at radius 3 is 2.50 bits per heavy atom. The van der Waals surface area contributed by atoms with Crippen LogP contribution in [0.3, 0.4) is 0 Å². The van der Waals surface area contributed by atoms with Gasteiger partial charge in [-0.2, -0.15) is 0 Å². The van der Waals surface area contributed by atoms with Gasteiger partial charge >= 0.3 is 0 Å². The summed E-state index contributed by atoms with van der Waals surface area (Å²) >= 11 is 0. The van der Waals surface area contributed by atoms with E-state index >= 15 is 0 Å². The first-order valence-electron chi connectivity index (χ1n) is 4.04. The molecule has 3 nitrogen and oxygen atoms in total. The Bertz CT molecular complexity index is 432. The number of methoxy groups -OCH3 is 1. The third-order valence-corrected chi connectivity index (χ3v) is 2.26. The van der Waals surface area contributed by atoms with Gasteiger partial charge in [-0.1, -0.05) is 18.2 Å². The number of rotatable bonds is 3. The maximum absolute atomic E-state index is 10.9. The Morgan fingerprint density at radius 2 is 1.93 bits per heavy atom. The van der Waals surface area contributed by atoms with Crippen LogP contribution in [0.4, 0.5) is 0 Å². The number of sulfone groups is 1. The normalized spacial score (nSPS) is 11.9. The Balaban J connectivity index is 3.03. The van der Waals surface area contributed by atoms with E-state index in [2.05, 4.69) is 0 Å². The van der Waals surface area contributed by atoms with Crippen LogP contribution in [0.25, 0.3) is 6.08 Å². The van der Waals surface area contributed by atoms with E-state index in [4.69, 9.17) is 4.74 Å². The van der Waals surface area contributed by atoms with E-state index in [0.717, 1.165) is 17.2 Å². The minimum Gasteiger partial charge on any atom is -0.496 e. The second kappa shape index (κ2) is 4.28. The van der Waals surface area contributed by atoms with Gasteiger partial charge < -0.3 is 4.74 Å². The van der Waals surface area contributed by atoms with Crippen LogP contribution in [0.5, 0.6) is 5.75 Å². The van der Waals surface area contributed by atoms with E-state index in [-0.39, 0.29) is 0 Å². The lowest BCUT2D eigenvalue weighted by Crippen LogP contribution is -1.89. The average Bonchev–Trinajstić information content (AvgIpc) is 2.14. The Hall–Kier alpha value is -1.29. The first kappa shape index (κ1) is 10.8. The van der Waals surface area contributed by atoms with Crippen molar-refractivity contribution < 1.29 is 13.2 Å². The molecule has 0 saturated heterocycles. The second-order valence-corrected chi connectivity index (χ2v) is 4.81. The van der Waals surface area contributed by atoms with Crippen LogP contribution in [-0.2, 0) is 9.84 Å². The maximum atomic E-state index is 10.9. The highest BCUT2D eigenvalue weighted by Gasteiger charge is 1.98. The van der Waals surface area contributed by atoms with Gasteiger partial charge in [-0.3, -0.25) is 0 Å². The molecule has 0 aliphatic heterocycles. The van der Waals surface area contributed by atoms with Gasteiger partial charge in [0.1, 0.15) is 5.75 Å². The molecule has 1 aromatic rings. The molecular formula is C10H12O3S. The Kier molecular flexibility index (Phi) is 3.30. The molecule has 1 aromatic carbocycles.